The van der Waals surface area contributed by atoms with Crippen LogP contribution >= 0.6 is 0 Å². The maximum absolute atomic E-state index is 13.3. The molecule has 0 amide bonds. The summed E-state index contributed by atoms with van der Waals surface area (Å²) in [6, 6.07) is 11.4. The Morgan fingerprint density at radius 2 is 1.77 bits per heavy atom. The Balaban J connectivity index is 2.08. The summed E-state index contributed by atoms with van der Waals surface area (Å²) in [6.07, 6.45) is 1.11. The zero-order chi connectivity index (χ0) is 15.7. The Labute approximate surface area is 125 Å². The first-order chi connectivity index (χ1) is 10.5. The highest BCUT2D eigenvalue weighted by molar-refractivity contribution is 7.90. The molecule has 3 aromatic rings. The molecule has 112 valence electrons. The molecule has 4 nitrogen and oxygen atoms in total. The molecule has 6 heteroatoms. The number of sulfone groups is 1. The number of hydrogen-bond acceptors (Lipinski definition) is 4. The third kappa shape index (κ3) is 2.65. The summed E-state index contributed by atoms with van der Waals surface area (Å²) >= 11 is 0. The van der Waals surface area contributed by atoms with E-state index >= 15 is 0 Å². The van der Waals surface area contributed by atoms with Crippen LogP contribution in [0.25, 0.3) is 11.0 Å². The first kappa shape index (κ1) is 14.5. The summed E-state index contributed by atoms with van der Waals surface area (Å²) in [7, 11) is -3.67. The second-order valence-corrected chi connectivity index (χ2v) is 6.79. The fraction of sp³-hybridized carbons (Fsp3) is 0.0625. The van der Waals surface area contributed by atoms with E-state index in [4.69, 9.17) is 4.42 Å². The summed E-state index contributed by atoms with van der Waals surface area (Å²) in [4.78, 5) is 12.4. The number of hydrogen-bond donors (Lipinski definition) is 0. The van der Waals surface area contributed by atoms with Gasteiger partial charge in [0.1, 0.15) is 11.4 Å². The summed E-state index contributed by atoms with van der Waals surface area (Å²) in [5.74, 6) is -1.07. The van der Waals surface area contributed by atoms with E-state index in [1.807, 2.05) is 0 Å². The molecule has 0 N–H and O–H groups in total. The standard InChI is InChI=1S/C16H11FO4S/c17-12-6-7-15-14(8-12)16(18)11(9-21-15)10-22(19,20)13-4-2-1-3-5-13/h1-9H,10H2. The van der Waals surface area contributed by atoms with Crippen molar-refractivity contribution in [3.8, 4) is 0 Å². The lowest BCUT2D eigenvalue weighted by molar-refractivity contribution is 0.581. The monoisotopic (exact) mass is 318 g/mol. The molecule has 0 fully saturated rings. The van der Waals surface area contributed by atoms with Gasteiger partial charge in [-0.1, -0.05) is 18.2 Å². The van der Waals surface area contributed by atoms with Gasteiger partial charge in [0.05, 0.1) is 27.9 Å². The molecule has 0 radical (unpaired) electrons. The van der Waals surface area contributed by atoms with E-state index in [0.717, 1.165) is 12.3 Å². The second-order valence-electron chi connectivity index (χ2n) is 4.80. The molecule has 0 aliphatic rings. The van der Waals surface area contributed by atoms with E-state index in [1.54, 1.807) is 18.2 Å². The maximum Gasteiger partial charge on any atom is 0.197 e. The lowest BCUT2D eigenvalue weighted by atomic mass is 10.2. The summed E-state index contributed by atoms with van der Waals surface area (Å²) in [6.45, 7) is 0. The molecule has 3 rings (SSSR count). The molecule has 0 bridgehead atoms. The normalized spacial score (nSPS) is 11.7. The van der Waals surface area contributed by atoms with E-state index < -0.39 is 26.8 Å². The van der Waals surface area contributed by atoms with E-state index in [-0.39, 0.29) is 21.4 Å². The molecule has 0 saturated carbocycles. The summed E-state index contributed by atoms with van der Waals surface area (Å²) < 4.78 is 43.1. The SMILES string of the molecule is O=c1c(CS(=O)(=O)c2ccccc2)coc2ccc(F)cc12. The summed E-state index contributed by atoms with van der Waals surface area (Å²) in [5, 5.41) is 0.0285. The van der Waals surface area contributed by atoms with Crippen LogP contribution in [0.1, 0.15) is 5.56 Å². The maximum atomic E-state index is 13.3. The van der Waals surface area contributed by atoms with Crippen LogP contribution in [0.15, 0.2) is 68.9 Å². The number of fused-ring (bicyclic) bond motifs is 1. The predicted octanol–water partition coefficient (Wildman–Crippen LogP) is 2.91. The Morgan fingerprint density at radius 3 is 2.50 bits per heavy atom. The molecule has 0 spiro atoms. The van der Waals surface area contributed by atoms with Crippen LogP contribution in [-0.4, -0.2) is 8.42 Å². The van der Waals surface area contributed by atoms with Gasteiger partial charge >= 0.3 is 0 Å². The molecule has 0 aliphatic carbocycles. The van der Waals surface area contributed by atoms with Crippen LogP contribution in [-0.2, 0) is 15.6 Å². The van der Waals surface area contributed by atoms with E-state index in [0.29, 0.717) is 0 Å². The van der Waals surface area contributed by atoms with Crippen LogP contribution in [0.4, 0.5) is 4.39 Å². The van der Waals surface area contributed by atoms with Crippen molar-refractivity contribution in [1.82, 2.24) is 0 Å². The third-order valence-corrected chi connectivity index (χ3v) is 4.94. The van der Waals surface area contributed by atoms with Crippen molar-refractivity contribution in [3.63, 3.8) is 0 Å². The van der Waals surface area contributed by atoms with Crippen LogP contribution in [0, 0.1) is 5.82 Å². The van der Waals surface area contributed by atoms with Gasteiger partial charge in [0, 0.05) is 0 Å². The molecule has 22 heavy (non-hydrogen) atoms. The molecular formula is C16H11FO4S. The predicted molar refractivity (Wildman–Crippen MR) is 79.8 cm³/mol. The van der Waals surface area contributed by atoms with Crippen molar-refractivity contribution >= 4 is 20.8 Å². The fourth-order valence-corrected chi connectivity index (χ4v) is 3.51. The number of benzene rings is 2. The van der Waals surface area contributed by atoms with Gasteiger partial charge in [-0.2, -0.15) is 0 Å². The van der Waals surface area contributed by atoms with E-state index in [2.05, 4.69) is 0 Å². The van der Waals surface area contributed by atoms with E-state index in [9.17, 15) is 17.6 Å². The van der Waals surface area contributed by atoms with Crippen molar-refractivity contribution in [3.05, 3.63) is 76.4 Å². The van der Waals surface area contributed by atoms with Crippen LogP contribution in [0.2, 0.25) is 0 Å². The quantitative estimate of drug-likeness (QED) is 0.745. The van der Waals surface area contributed by atoms with Gasteiger partial charge in [0.25, 0.3) is 0 Å². The lowest BCUT2D eigenvalue weighted by Crippen LogP contribution is -2.14. The molecular weight excluding hydrogens is 307 g/mol. The Hall–Kier alpha value is -2.47. The first-order valence-corrected chi connectivity index (χ1v) is 8.10. The smallest absolute Gasteiger partial charge is 0.197 e. The second kappa shape index (κ2) is 5.38. The molecule has 0 saturated heterocycles. The van der Waals surface area contributed by atoms with Crippen molar-refractivity contribution in [2.45, 2.75) is 10.6 Å². The number of halogens is 1. The average Bonchev–Trinajstić information content (AvgIpc) is 2.51. The van der Waals surface area contributed by atoms with Gasteiger partial charge in [0.15, 0.2) is 15.3 Å². The zero-order valence-corrected chi connectivity index (χ0v) is 12.1. The molecule has 1 heterocycles. The molecule has 0 atom stereocenters. The van der Waals surface area contributed by atoms with Crippen LogP contribution < -0.4 is 5.43 Å². The number of rotatable bonds is 3. The first-order valence-electron chi connectivity index (χ1n) is 6.45. The highest BCUT2D eigenvalue weighted by atomic mass is 32.2. The van der Waals surface area contributed by atoms with Crippen LogP contribution in [0.5, 0.6) is 0 Å². The largest absolute Gasteiger partial charge is 0.464 e. The fourth-order valence-electron chi connectivity index (χ4n) is 2.16. The van der Waals surface area contributed by atoms with Crippen LogP contribution in [0.3, 0.4) is 0 Å². The Morgan fingerprint density at radius 1 is 1.05 bits per heavy atom. The van der Waals surface area contributed by atoms with Gasteiger partial charge in [-0.25, -0.2) is 12.8 Å². The third-order valence-electron chi connectivity index (χ3n) is 3.25. The lowest BCUT2D eigenvalue weighted by Gasteiger charge is -2.05. The highest BCUT2D eigenvalue weighted by Crippen LogP contribution is 2.17. The van der Waals surface area contributed by atoms with Gasteiger partial charge in [-0.05, 0) is 30.3 Å². The minimum absolute atomic E-state index is 0.0260. The Bertz CT molecular complexity index is 992. The highest BCUT2D eigenvalue weighted by Gasteiger charge is 2.18. The van der Waals surface area contributed by atoms with Crippen molar-refractivity contribution in [2.75, 3.05) is 0 Å². The van der Waals surface area contributed by atoms with Gasteiger partial charge < -0.3 is 4.42 Å². The minimum Gasteiger partial charge on any atom is -0.464 e. The topological polar surface area (TPSA) is 64.3 Å². The van der Waals surface area contributed by atoms with Crippen molar-refractivity contribution < 1.29 is 17.2 Å². The van der Waals surface area contributed by atoms with Gasteiger partial charge in [-0.15, -0.1) is 0 Å². The Kier molecular flexibility index (Phi) is 3.54. The average molecular weight is 318 g/mol. The molecule has 0 aliphatic heterocycles. The van der Waals surface area contributed by atoms with E-state index in [1.165, 1.54) is 24.3 Å². The van der Waals surface area contributed by atoms with Gasteiger partial charge in [0.2, 0.25) is 0 Å². The van der Waals surface area contributed by atoms with Crippen molar-refractivity contribution in [1.29, 1.82) is 0 Å². The van der Waals surface area contributed by atoms with Gasteiger partial charge in [-0.3, -0.25) is 4.79 Å². The summed E-state index contributed by atoms with van der Waals surface area (Å²) in [5.41, 5.74) is -0.352. The molecule has 0 unspecified atom stereocenters. The molecule has 2 aromatic carbocycles. The molecule has 1 aromatic heterocycles. The minimum atomic E-state index is -3.67. The zero-order valence-electron chi connectivity index (χ0n) is 11.3. The van der Waals surface area contributed by atoms with Crippen molar-refractivity contribution in [2.24, 2.45) is 0 Å².